The number of hydrogen-bond donors (Lipinski definition) is 0. The molecule has 0 aromatic rings. The van der Waals surface area contributed by atoms with Crippen LogP contribution in [0.4, 0.5) is 0 Å². The van der Waals surface area contributed by atoms with Gasteiger partial charge in [0, 0.05) is 24.9 Å². The Hall–Kier alpha value is -1.04. The van der Waals surface area contributed by atoms with E-state index in [9.17, 15) is 10.1 Å². The number of rotatable bonds is 0. The Morgan fingerprint density at radius 1 is 1.21 bits per heavy atom. The van der Waals surface area contributed by atoms with E-state index in [1.807, 2.05) is 11.9 Å². The van der Waals surface area contributed by atoms with Crippen LogP contribution in [0.5, 0.6) is 0 Å². The minimum absolute atomic E-state index is 0.0154. The molecule has 1 aliphatic heterocycles. The van der Waals surface area contributed by atoms with E-state index in [-0.39, 0.29) is 23.3 Å². The first kappa shape index (κ1) is 16.4. The van der Waals surface area contributed by atoms with Crippen molar-refractivity contribution in [1.29, 1.82) is 5.26 Å². The molecule has 0 N–H and O–H groups in total. The molecule has 132 valence electrons. The Morgan fingerprint density at radius 3 is 2.67 bits per heavy atom. The van der Waals surface area contributed by atoms with Crippen LogP contribution in [0.25, 0.3) is 0 Å². The summed E-state index contributed by atoms with van der Waals surface area (Å²) < 4.78 is 0. The Balaban J connectivity index is 1.77. The van der Waals surface area contributed by atoms with Gasteiger partial charge in [-0.15, -0.1) is 0 Å². The molecule has 0 aromatic heterocycles. The summed E-state index contributed by atoms with van der Waals surface area (Å²) in [6.45, 7) is 7.31. The maximum atomic E-state index is 12.4. The number of nitriles is 1. The van der Waals surface area contributed by atoms with Gasteiger partial charge in [0.15, 0.2) is 0 Å². The lowest BCUT2D eigenvalue weighted by Crippen LogP contribution is -2.65. The molecule has 1 heterocycles. The fraction of sp³-hybridized carbons (Fsp3) is 0.905. The predicted molar refractivity (Wildman–Crippen MR) is 93.8 cm³/mol. The van der Waals surface area contributed by atoms with Crippen LogP contribution >= 0.6 is 0 Å². The van der Waals surface area contributed by atoms with E-state index in [4.69, 9.17) is 0 Å². The first-order chi connectivity index (χ1) is 11.3. The lowest BCUT2D eigenvalue weighted by molar-refractivity contribution is -0.173. The van der Waals surface area contributed by atoms with Gasteiger partial charge in [0.25, 0.3) is 0 Å². The normalized spacial score (nSPS) is 53.8. The van der Waals surface area contributed by atoms with Crippen LogP contribution in [0, 0.1) is 51.8 Å². The zero-order chi connectivity index (χ0) is 17.3. The largest absolute Gasteiger partial charge is 0.342 e. The number of likely N-dealkylation sites (tertiary alicyclic amines) is 1. The van der Waals surface area contributed by atoms with Crippen LogP contribution in [0.1, 0.15) is 65.7 Å². The number of carbonyl (C=O) groups is 1. The predicted octanol–water partition coefficient (Wildman–Crippen LogP) is 4.24. The van der Waals surface area contributed by atoms with Gasteiger partial charge in [-0.2, -0.15) is 5.26 Å². The van der Waals surface area contributed by atoms with Gasteiger partial charge in [-0.05, 0) is 61.2 Å². The molecule has 0 bridgehead atoms. The third-order valence-electron chi connectivity index (χ3n) is 9.03. The molecule has 3 nitrogen and oxygen atoms in total. The third kappa shape index (κ3) is 1.92. The quantitative estimate of drug-likeness (QED) is 0.668. The number of nitrogens with zero attached hydrogens (tertiary/aromatic N) is 2. The highest BCUT2D eigenvalue weighted by Gasteiger charge is 2.63. The van der Waals surface area contributed by atoms with Crippen molar-refractivity contribution in [3.8, 4) is 6.07 Å². The number of hydrogen-bond acceptors (Lipinski definition) is 2. The van der Waals surface area contributed by atoms with Gasteiger partial charge < -0.3 is 4.90 Å². The summed E-state index contributed by atoms with van der Waals surface area (Å²) in [6, 6.07) is 2.82. The molecular weight excluding hydrogens is 296 g/mol. The summed E-state index contributed by atoms with van der Waals surface area (Å²) in [6.07, 6.45) is 8.27. The van der Waals surface area contributed by atoms with Crippen LogP contribution in [0.3, 0.4) is 0 Å². The highest BCUT2D eigenvalue weighted by Crippen LogP contribution is 2.66. The standard InChI is InChI=1S/C21H32N2O/c1-13-10-17-21(3,14(12-22)11-18(24)23(17)4)16-7-9-20(2)8-5-6-15(20)19(13)16/h13-17,19H,5-11H2,1-4H3/t13?,14?,15-,16+,17?,19-,20-,21+/m0/s1. The molecule has 0 aromatic carbocycles. The summed E-state index contributed by atoms with van der Waals surface area (Å²) in [5.74, 6) is 2.95. The van der Waals surface area contributed by atoms with E-state index in [0.717, 1.165) is 18.3 Å². The molecule has 0 radical (unpaired) electrons. The van der Waals surface area contributed by atoms with Gasteiger partial charge in [-0.3, -0.25) is 4.79 Å². The second kappa shape index (κ2) is 5.23. The Kier molecular flexibility index (Phi) is 3.58. The van der Waals surface area contributed by atoms with Gasteiger partial charge >= 0.3 is 0 Å². The lowest BCUT2D eigenvalue weighted by Gasteiger charge is -2.64. The fourth-order valence-corrected chi connectivity index (χ4v) is 7.68. The molecular formula is C21H32N2O. The molecule has 3 aliphatic carbocycles. The molecule has 3 saturated carbocycles. The fourth-order valence-electron chi connectivity index (χ4n) is 7.68. The molecule has 0 spiro atoms. The maximum absolute atomic E-state index is 12.4. The minimum Gasteiger partial charge on any atom is -0.342 e. The van der Waals surface area contributed by atoms with Crippen molar-refractivity contribution < 1.29 is 4.79 Å². The number of fused-ring (bicyclic) bond motifs is 5. The highest BCUT2D eigenvalue weighted by atomic mass is 16.2. The molecule has 8 atom stereocenters. The molecule has 1 saturated heterocycles. The Labute approximate surface area is 146 Å². The number of carbonyl (C=O) groups excluding carboxylic acids is 1. The number of piperidine rings is 1. The third-order valence-corrected chi connectivity index (χ3v) is 9.03. The van der Waals surface area contributed by atoms with E-state index in [1.165, 1.54) is 32.1 Å². The van der Waals surface area contributed by atoms with E-state index in [0.29, 0.717) is 23.7 Å². The van der Waals surface area contributed by atoms with Crippen LogP contribution < -0.4 is 0 Å². The van der Waals surface area contributed by atoms with Gasteiger partial charge in [-0.1, -0.05) is 27.2 Å². The number of amides is 1. The van der Waals surface area contributed by atoms with Gasteiger partial charge in [0.1, 0.15) is 0 Å². The maximum Gasteiger partial charge on any atom is 0.223 e. The summed E-state index contributed by atoms with van der Waals surface area (Å²) in [5.41, 5.74) is 0.523. The smallest absolute Gasteiger partial charge is 0.223 e. The first-order valence-electron chi connectivity index (χ1n) is 9.98. The molecule has 4 fully saturated rings. The summed E-state index contributed by atoms with van der Waals surface area (Å²) >= 11 is 0. The van der Waals surface area contributed by atoms with Crippen molar-refractivity contribution in [1.82, 2.24) is 4.90 Å². The average molecular weight is 329 g/mol. The zero-order valence-corrected chi connectivity index (χ0v) is 15.7. The van der Waals surface area contributed by atoms with Crippen molar-refractivity contribution in [2.45, 2.75) is 71.8 Å². The van der Waals surface area contributed by atoms with Crippen molar-refractivity contribution in [2.24, 2.45) is 40.4 Å². The summed E-state index contributed by atoms with van der Waals surface area (Å²) in [5, 5.41) is 9.87. The van der Waals surface area contributed by atoms with E-state index >= 15 is 0 Å². The van der Waals surface area contributed by atoms with Gasteiger partial charge in [-0.25, -0.2) is 0 Å². The molecule has 1 amide bonds. The lowest BCUT2D eigenvalue weighted by atomic mass is 9.43. The van der Waals surface area contributed by atoms with Crippen molar-refractivity contribution >= 4 is 5.91 Å². The molecule has 4 aliphatic rings. The minimum atomic E-state index is -0.100. The molecule has 24 heavy (non-hydrogen) atoms. The second-order valence-electron chi connectivity index (χ2n) is 9.86. The average Bonchev–Trinajstić information content (AvgIpc) is 2.94. The van der Waals surface area contributed by atoms with Crippen molar-refractivity contribution in [3.05, 3.63) is 0 Å². The van der Waals surface area contributed by atoms with Gasteiger partial charge in [0.2, 0.25) is 5.91 Å². The van der Waals surface area contributed by atoms with Crippen LogP contribution in [-0.2, 0) is 4.79 Å². The van der Waals surface area contributed by atoms with Crippen LogP contribution in [-0.4, -0.2) is 23.9 Å². The molecule has 3 heteroatoms. The Morgan fingerprint density at radius 2 is 1.96 bits per heavy atom. The van der Waals surface area contributed by atoms with Crippen molar-refractivity contribution in [2.75, 3.05) is 7.05 Å². The van der Waals surface area contributed by atoms with Gasteiger partial charge in [0.05, 0.1) is 12.0 Å². The Bertz CT molecular complexity index is 595. The summed E-state index contributed by atoms with van der Waals surface area (Å²) in [7, 11) is 1.98. The van der Waals surface area contributed by atoms with Crippen molar-refractivity contribution in [3.63, 3.8) is 0 Å². The van der Waals surface area contributed by atoms with E-state index < -0.39 is 0 Å². The highest BCUT2D eigenvalue weighted by molar-refractivity contribution is 5.78. The van der Waals surface area contributed by atoms with E-state index in [1.54, 1.807) is 0 Å². The van der Waals surface area contributed by atoms with Crippen LogP contribution in [0.2, 0.25) is 0 Å². The molecule has 3 unspecified atom stereocenters. The monoisotopic (exact) mass is 328 g/mol. The topological polar surface area (TPSA) is 44.1 Å². The molecule has 4 rings (SSSR count). The van der Waals surface area contributed by atoms with E-state index in [2.05, 4.69) is 26.8 Å². The SMILES string of the molecule is CC1CC2N(C)C(=O)CC(C#N)[C@]2(C)[C@@H]2CC[C@]3(C)CCC[C@H]3[C@H]12. The summed E-state index contributed by atoms with van der Waals surface area (Å²) in [4.78, 5) is 14.4. The second-order valence-corrected chi connectivity index (χ2v) is 9.86. The van der Waals surface area contributed by atoms with Crippen LogP contribution in [0.15, 0.2) is 0 Å². The first-order valence-corrected chi connectivity index (χ1v) is 9.98. The zero-order valence-electron chi connectivity index (χ0n) is 15.7.